The van der Waals surface area contributed by atoms with Crippen LogP contribution in [0.4, 0.5) is 8.78 Å². The Kier molecular flexibility index (Phi) is 3.10. The number of alkyl halides is 2. The molecular weight excluding hydrogens is 242 g/mol. The fourth-order valence-electron chi connectivity index (χ4n) is 1.54. The van der Waals surface area contributed by atoms with Gasteiger partial charge in [-0.1, -0.05) is 30.3 Å². The number of nitrogens with zero attached hydrogens (tertiary/aromatic N) is 2. The first kappa shape index (κ1) is 12.2. The smallest absolute Gasteiger partial charge is 0.356 e. The van der Waals surface area contributed by atoms with E-state index in [2.05, 4.69) is 5.10 Å². The monoisotopic (exact) mass is 252 g/mol. The molecule has 0 atom stereocenters. The Labute approximate surface area is 101 Å². The highest BCUT2D eigenvalue weighted by atomic mass is 19.3. The summed E-state index contributed by atoms with van der Waals surface area (Å²) in [5.74, 6) is -4.33. The predicted molar refractivity (Wildman–Crippen MR) is 59.5 cm³/mol. The average molecular weight is 252 g/mol. The first-order valence-electron chi connectivity index (χ1n) is 5.19. The van der Waals surface area contributed by atoms with Gasteiger partial charge in [-0.2, -0.15) is 13.9 Å². The van der Waals surface area contributed by atoms with E-state index in [9.17, 15) is 13.6 Å². The lowest BCUT2D eigenvalue weighted by molar-refractivity contribution is -0.0255. The lowest BCUT2D eigenvalue weighted by Crippen LogP contribution is -2.22. The van der Waals surface area contributed by atoms with Gasteiger partial charge in [0.25, 0.3) is 5.92 Å². The van der Waals surface area contributed by atoms with Gasteiger partial charge < -0.3 is 5.11 Å². The van der Waals surface area contributed by atoms with Crippen LogP contribution in [0.3, 0.4) is 0 Å². The molecule has 1 heterocycles. The van der Waals surface area contributed by atoms with Crippen LogP contribution in [-0.2, 0) is 12.5 Å². The molecule has 18 heavy (non-hydrogen) atoms. The van der Waals surface area contributed by atoms with Crippen molar-refractivity contribution < 1.29 is 18.7 Å². The molecule has 4 nitrogen and oxygen atoms in total. The number of aromatic carboxylic acids is 1. The van der Waals surface area contributed by atoms with Crippen molar-refractivity contribution in [3.63, 3.8) is 0 Å². The standard InChI is InChI=1S/C12H10F2N2O2/c13-12(14,9-4-2-1-3-5-9)8-16-7-6-10(15-16)11(17)18/h1-7H,8H2,(H,17,18). The summed E-state index contributed by atoms with van der Waals surface area (Å²) < 4.78 is 28.6. The zero-order chi connectivity index (χ0) is 13.2. The minimum Gasteiger partial charge on any atom is -0.476 e. The van der Waals surface area contributed by atoms with Gasteiger partial charge in [0.1, 0.15) is 6.54 Å². The van der Waals surface area contributed by atoms with E-state index in [-0.39, 0.29) is 11.3 Å². The van der Waals surface area contributed by atoms with E-state index in [1.54, 1.807) is 6.07 Å². The first-order chi connectivity index (χ1) is 8.49. The molecule has 1 aromatic heterocycles. The molecule has 2 aromatic rings. The second-order valence-electron chi connectivity index (χ2n) is 3.77. The number of halogens is 2. The van der Waals surface area contributed by atoms with Crippen molar-refractivity contribution in [1.29, 1.82) is 0 Å². The number of benzene rings is 1. The third kappa shape index (κ3) is 2.53. The summed E-state index contributed by atoms with van der Waals surface area (Å²) in [6.07, 6.45) is 1.22. The predicted octanol–water partition coefficient (Wildman–Crippen LogP) is 2.37. The fourth-order valence-corrected chi connectivity index (χ4v) is 1.54. The third-order valence-electron chi connectivity index (χ3n) is 2.42. The quantitative estimate of drug-likeness (QED) is 0.908. The third-order valence-corrected chi connectivity index (χ3v) is 2.42. The van der Waals surface area contributed by atoms with Crippen molar-refractivity contribution in [3.8, 4) is 0 Å². The zero-order valence-electron chi connectivity index (χ0n) is 9.25. The minimum absolute atomic E-state index is 0.127. The molecule has 0 saturated heterocycles. The van der Waals surface area contributed by atoms with Gasteiger partial charge >= 0.3 is 5.97 Å². The van der Waals surface area contributed by atoms with Crippen LogP contribution in [0, 0.1) is 0 Å². The molecule has 94 valence electrons. The summed E-state index contributed by atoms with van der Waals surface area (Å²) in [6, 6.07) is 8.52. The lowest BCUT2D eigenvalue weighted by atomic mass is 10.1. The van der Waals surface area contributed by atoms with E-state index >= 15 is 0 Å². The Hall–Kier alpha value is -2.24. The Morgan fingerprint density at radius 3 is 2.50 bits per heavy atom. The summed E-state index contributed by atoms with van der Waals surface area (Å²) in [4.78, 5) is 10.6. The molecule has 0 bridgehead atoms. The second-order valence-corrected chi connectivity index (χ2v) is 3.77. The number of carbonyl (C=O) groups is 1. The number of rotatable bonds is 4. The van der Waals surface area contributed by atoms with Gasteiger partial charge in [-0.25, -0.2) is 4.79 Å². The fraction of sp³-hybridized carbons (Fsp3) is 0.167. The normalized spacial score (nSPS) is 11.4. The molecule has 0 aliphatic carbocycles. The van der Waals surface area contributed by atoms with E-state index < -0.39 is 18.4 Å². The van der Waals surface area contributed by atoms with E-state index in [4.69, 9.17) is 5.11 Å². The highest BCUT2D eigenvalue weighted by Crippen LogP contribution is 2.29. The van der Waals surface area contributed by atoms with Crippen molar-refractivity contribution in [2.24, 2.45) is 0 Å². The van der Waals surface area contributed by atoms with Crippen LogP contribution < -0.4 is 0 Å². The summed E-state index contributed by atoms with van der Waals surface area (Å²) in [7, 11) is 0. The molecule has 0 spiro atoms. The van der Waals surface area contributed by atoms with Crippen LogP contribution in [0.15, 0.2) is 42.6 Å². The minimum atomic E-state index is -3.09. The molecule has 0 aliphatic heterocycles. The topological polar surface area (TPSA) is 55.1 Å². The average Bonchev–Trinajstić information content (AvgIpc) is 2.78. The van der Waals surface area contributed by atoms with Crippen LogP contribution in [0.1, 0.15) is 16.1 Å². The summed E-state index contributed by atoms with van der Waals surface area (Å²) in [6.45, 7) is -0.690. The van der Waals surface area contributed by atoms with E-state index in [0.29, 0.717) is 0 Å². The Bertz CT molecular complexity index is 552. The molecule has 0 amide bonds. The van der Waals surface area contributed by atoms with Gasteiger partial charge in [-0.15, -0.1) is 0 Å². The molecule has 0 unspecified atom stereocenters. The van der Waals surface area contributed by atoms with Crippen LogP contribution in [0.25, 0.3) is 0 Å². The van der Waals surface area contributed by atoms with E-state index in [0.717, 1.165) is 4.68 Å². The van der Waals surface area contributed by atoms with Gasteiger partial charge in [0.2, 0.25) is 0 Å². The summed E-state index contributed by atoms with van der Waals surface area (Å²) in [5, 5.41) is 12.2. The zero-order valence-corrected chi connectivity index (χ0v) is 9.25. The molecule has 0 radical (unpaired) electrons. The van der Waals surface area contributed by atoms with E-state index in [1.165, 1.54) is 36.5 Å². The van der Waals surface area contributed by atoms with Crippen molar-refractivity contribution in [2.75, 3.05) is 0 Å². The summed E-state index contributed by atoms with van der Waals surface area (Å²) in [5.41, 5.74) is -0.378. The van der Waals surface area contributed by atoms with Gasteiger partial charge in [-0.3, -0.25) is 4.68 Å². The SMILES string of the molecule is O=C(O)c1ccn(CC(F)(F)c2ccccc2)n1. The van der Waals surface area contributed by atoms with Crippen LogP contribution in [0.5, 0.6) is 0 Å². The van der Waals surface area contributed by atoms with Crippen molar-refractivity contribution in [2.45, 2.75) is 12.5 Å². The van der Waals surface area contributed by atoms with Crippen LogP contribution in [0.2, 0.25) is 0 Å². The van der Waals surface area contributed by atoms with Gasteiger partial charge in [0.05, 0.1) is 0 Å². The Morgan fingerprint density at radius 2 is 1.94 bits per heavy atom. The molecule has 1 N–H and O–H groups in total. The molecule has 6 heteroatoms. The number of carboxylic acids is 1. The van der Waals surface area contributed by atoms with Crippen LogP contribution in [-0.4, -0.2) is 20.9 Å². The molecule has 0 saturated carbocycles. The molecule has 1 aromatic carbocycles. The lowest BCUT2D eigenvalue weighted by Gasteiger charge is -2.16. The Morgan fingerprint density at radius 1 is 1.28 bits per heavy atom. The maximum absolute atomic E-state index is 13.8. The van der Waals surface area contributed by atoms with Crippen molar-refractivity contribution in [3.05, 3.63) is 53.9 Å². The van der Waals surface area contributed by atoms with Gasteiger partial charge in [0, 0.05) is 11.8 Å². The molecule has 0 fully saturated rings. The highest BCUT2D eigenvalue weighted by molar-refractivity contribution is 5.85. The van der Waals surface area contributed by atoms with Gasteiger partial charge in [-0.05, 0) is 6.07 Å². The highest BCUT2D eigenvalue weighted by Gasteiger charge is 2.32. The number of aromatic nitrogens is 2. The number of hydrogen-bond donors (Lipinski definition) is 1. The van der Waals surface area contributed by atoms with E-state index in [1.807, 2.05) is 0 Å². The van der Waals surface area contributed by atoms with Crippen LogP contribution >= 0.6 is 0 Å². The summed E-state index contributed by atoms with van der Waals surface area (Å²) >= 11 is 0. The Balaban J connectivity index is 2.19. The number of hydrogen-bond acceptors (Lipinski definition) is 2. The maximum Gasteiger partial charge on any atom is 0.356 e. The van der Waals surface area contributed by atoms with Crippen molar-refractivity contribution in [1.82, 2.24) is 9.78 Å². The van der Waals surface area contributed by atoms with Crippen molar-refractivity contribution >= 4 is 5.97 Å². The molecule has 0 aliphatic rings. The molecule has 2 rings (SSSR count). The first-order valence-corrected chi connectivity index (χ1v) is 5.19. The van der Waals surface area contributed by atoms with Gasteiger partial charge in [0.15, 0.2) is 5.69 Å². The second kappa shape index (κ2) is 4.56. The maximum atomic E-state index is 13.8. The number of carboxylic acid groups (broad SMARTS) is 1. The largest absolute Gasteiger partial charge is 0.476 e. The molecular formula is C12H10F2N2O2.